The van der Waals surface area contributed by atoms with Gasteiger partial charge in [0.15, 0.2) is 5.82 Å². The molecule has 7 nitrogen and oxygen atoms in total. The largest absolute Gasteiger partial charge is 0.489 e. The number of alkyl halides is 1. The summed E-state index contributed by atoms with van der Waals surface area (Å²) in [6, 6.07) is 4.49. The molecule has 1 aromatic carbocycles. The maximum absolute atomic E-state index is 14.1. The molecular formula is C24H26ClF2N5O2. The van der Waals surface area contributed by atoms with Crippen LogP contribution in [0.3, 0.4) is 0 Å². The zero-order chi connectivity index (χ0) is 23.8. The predicted octanol–water partition coefficient (Wildman–Crippen LogP) is 3.44. The molecule has 3 aliphatic heterocycles. The van der Waals surface area contributed by atoms with Crippen molar-refractivity contribution >= 4 is 23.1 Å². The van der Waals surface area contributed by atoms with E-state index in [2.05, 4.69) is 14.9 Å². The summed E-state index contributed by atoms with van der Waals surface area (Å²) in [5.41, 5.74) is 7.63. The highest BCUT2D eigenvalue weighted by atomic mass is 35.5. The molecule has 0 saturated carbocycles. The van der Waals surface area contributed by atoms with Gasteiger partial charge in [-0.15, -0.1) is 0 Å². The Labute approximate surface area is 201 Å². The van der Waals surface area contributed by atoms with Gasteiger partial charge in [0, 0.05) is 48.4 Å². The van der Waals surface area contributed by atoms with Gasteiger partial charge in [-0.3, -0.25) is 9.69 Å². The number of carbonyl (C=O) groups is 1. The van der Waals surface area contributed by atoms with Gasteiger partial charge in [0.1, 0.15) is 24.3 Å². The number of hydrogen-bond donors (Lipinski definition) is 1. The molecule has 34 heavy (non-hydrogen) atoms. The summed E-state index contributed by atoms with van der Waals surface area (Å²) >= 11 is 5.87. The predicted molar refractivity (Wildman–Crippen MR) is 124 cm³/mol. The van der Waals surface area contributed by atoms with E-state index in [1.165, 1.54) is 30.6 Å². The van der Waals surface area contributed by atoms with E-state index in [-0.39, 0.29) is 55.2 Å². The summed E-state index contributed by atoms with van der Waals surface area (Å²) < 4.78 is 33.3. The van der Waals surface area contributed by atoms with Crippen LogP contribution >= 0.6 is 11.6 Å². The first-order chi connectivity index (χ1) is 16.4. The van der Waals surface area contributed by atoms with Gasteiger partial charge in [-0.25, -0.2) is 18.7 Å². The first kappa shape index (κ1) is 23.0. The Morgan fingerprint density at radius 2 is 1.88 bits per heavy atom. The van der Waals surface area contributed by atoms with E-state index in [1.54, 1.807) is 4.90 Å². The van der Waals surface area contributed by atoms with Gasteiger partial charge in [0.25, 0.3) is 5.91 Å². The third-order valence-corrected chi connectivity index (χ3v) is 7.12. The number of carbonyl (C=O) groups excluding carboxylic acids is 1. The molecule has 2 fully saturated rings. The Bertz CT molecular complexity index is 1100. The summed E-state index contributed by atoms with van der Waals surface area (Å²) in [5, 5.41) is 0.408. The van der Waals surface area contributed by atoms with Crippen LogP contribution in [0, 0.1) is 5.82 Å². The van der Waals surface area contributed by atoms with E-state index < -0.39 is 5.82 Å². The third kappa shape index (κ3) is 4.46. The molecule has 0 aliphatic carbocycles. The van der Waals surface area contributed by atoms with E-state index in [1.807, 2.05) is 0 Å². The quantitative estimate of drug-likeness (QED) is 0.669. The van der Waals surface area contributed by atoms with Crippen LogP contribution < -0.4 is 10.5 Å². The fraction of sp³-hybridized carbons (Fsp3) is 0.458. The van der Waals surface area contributed by atoms with Gasteiger partial charge < -0.3 is 15.4 Å². The first-order valence-electron chi connectivity index (χ1n) is 11.5. The Morgan fingerprint density at radius 3 is 2.56 bits per heavy atom. The molecule has 2 atom stereocenters. The summed E-state index contributed by atoms with van der Waals surface area (Å²) in [5.74, 6) is -0.134. The zero-order valence-corrected chi connectivity index (χ0v) is 19.3. The molecule has 2 unspecified atom stereocenters. The van der Waals surface area contributed by atoms with Crippen LogP contribution in [0.2, 0.25) is 5.02 Å². The lowest BCUT2D eigenvalue weighted by Crippen LogP contribution is -2.47. The number of fused-ring (bicyclic) bond motifs is 2. The van der Waals surface area contributed by atoms with Crippen molar-refractivity contribution < 1.29 is 18.3 Å². The second kappa shape index (κ2) is 9.46. The van der Waals surface area contributed by atoms with Crippen molar-refractivity contribution in [2.75, 3.05) is 26.3 Å². The average molecular weight is 490 g/mol. The van der Waals surface area contributed by atoms with Gasteiger partial charge in [0.05, 0.1) is 23.7 Å². The van der Waals surface area contributed by atoms with E-state index in [9.17, 15) is 13.6 Å². The van der Waals surface area contributed by atoms with E-state index >= 15 is 0 Å². The molecule has 5 rings (SSSR count). The van der Waals surface area contributed by atoms with Crippen molar-refractivity contribution in [2.45, 2.75) is 43.9 Å². The van der Waals surface area contributed by atoms with Crippen LogP contribution in [0.5, 0.6) is 5.75 Å². The number of hydrogen-bond acceptors (Lipinski definition) is 6. The SMILES string of the molecule is NC1=C(c2ncc(Cl)cn2)CN(C(=O)c2ccc(F)cc2OC2CC3CCC(C2)N3CCF)C1. The zero-order valence-electron chi connectivity index (χ0n) is 18.6. The summed E-state index contributed by atoms with van der Waals surface area (Å²) in [4.78, 5) is 25.6. The van der Waals surface area contributed by atoms with Crippen molar-refractivity contribution in [3.05, 3.63) is 58.5 Å². The smallest absolute Gasteiger partial charge is 0.258 e. The fourth-order valence-corrected chi connectivity index (χ4v) is 5.48. The number of piperidine rings is 1. The number of amides is 1. The lowest BCUT2D eigenvalue weighted by Gasteiger charge is -2.38. The normalized spacial score (nSPS) is 24.7. The monoisotopic (exact) mass is 489 g/mol. The Balaban J connectivity index is 1.31. The molecule has 0 radical (unpaired) electrons. The standard InChI is InChI=1S/C24H26ClF2N5O2/c25-14-10-29-23(30-11-14)20-12-31(13-21(20)28)24(33)19-4-1-15(27)7-22(19)34-18-8-16-2-3-17(9-18)32(16)6-5-26/h1,4,7,10-11,16-18H,2-3,5-6,8-9,12-13,28H2. The van der Waals surface area contributed by atoms with Crippen LogP contribution in [-0.2, 0) is 0 Å². The molecule has 1 amide bonds. The van der Waals surface area contributed by atoms with Gasteiger partial charge >= 0.3 is 0 Å². The van der Waals surface area contributed by atoms with E-state index in [0.29, 0.717) is 28.7 Å². The number of halogens is 3. The third-order valence-electron chi connectivity index (χ3n) is 6.93. The minimum absolute atomic E-state index is 0.151. The molecule has 0 spiro atoms. The van der Waals surface area contributed by atoms with E-state index in [0.717, 1.165) is 25.7 Å². The summed E-state index contributed by atoms with van der Waals surface area (Å²) in [6.45, 7) is 0.517. The number of rotatable bonds is 6. The highest BCUT2D eigenvalue weighted by molar-refractivity contribution is 6.30. The first-order valence-corrected chi connectivity index (χ1v) is 11.8. The minimum Gasteiger partial charge on any atom is -0.489 e. The molecule has 3 aliphatic rings. The minimum atomic E-state index is -0.473. The molecule has 4 heterocycles. The Hall–Kier alpha value is -2.78. The van der Waals surface area contributed by atoms with Crippen LogP contribution in [0.25, 0.3) is 5.57 Å². The summed E-state index contributed by atoms with van der Waals surface area (Å²) in [7, 11) is 0. The number of benzene rings is 1. The molecule has 2 bridgehead atoms. The average Bonchev–Trinajstić information content (AvgIpc) is 3.30. The van der Waals surface area contributed by atoms with Crippen LogP contribution in [0.4, 0.5) is 8.78 Å². The van der Waals surface area contributed by atoms with Crippen LogP contribution in [0.15, 0.2) is 36.3 Å². The topological polar surface area (TPSA) is 84.6 Å². The van der Waals surface area contributed by atoms with Crippen molar-refractivity contribution in [1.82, 2.24) is 19.8 Å². The molecular weight excluding hydrogens is 464 g/mol. The fourth-order valence-electron chi connectivity index (χ4n) is 5.38. The number of aromatic nitrogens is 2. The molecule has 2 aromatic rings. The highest BCUT2D eigenvalue weighted by Crippen LogP contribution is 2.38. The number of ether oxygens (including phenoxy) is 1. The van der Waals surface area contributed by atoms with Gasteiger partial charge in [-0.1, -0.05) is 11.6 Å². The van der Waals surface area contributed by atoms with Gasteiger partial charge in [-0.05, 0) is 37.8 Å². The Kier molecular flexibility index (Phi) is 6.40. The second-order valence-electron chi connectivity index (χ2n) is 9.05. The Morgan fingerprint density at radius 1 is 1.18 bits per heavy atom. The maximum atomic E-state index is 14.1. The lowest BCUT2D eigenvalue weighted by molar-refractivity contribution is 0.0447. The molecule has 10 heteroatoms. The molecule has 1 aromatic heterocycles. The maximum Gasteiger partial charge on any atom is 0.258 e. The molecule has 2 N–H and O–H groups in total. The summed E-state index contributed by atoms with van der Waals surface area (Å²) in [6.07, 6.45) is 6.29. The molecule has 180 valence electrons. The second-order valence-corrected chi connectivity index (χ2v) is 9.49. The van der Waals surface area contributed by atoms with Crippen molar-refractivity contribution in [2.24, 2.45) is 5.73 Å². The van der Waals surface area contributed by atoms with Gasteiger partial charge in [0.2, 0.25) is 0 Å². The highest BCUT2D eigenvalue weighted by Gasteiger charge is 2.41. The van der Waals surface area contributed by atoms with Crippen molar-refractivity contribution in [1.29, 1.82) is 0 Å². The van der Waals surface area contributed by atoms with Gasteiger partial charge in [-0.2, -0.15) is 0 Å². The van der Waals surface area contributed by atoms with E-state index in [4.69, 9.17) is 22.1 Å². The van der Waals surface area contributed by atoms with Crippen molar-refractivity contribution in [3.63, 3.8) is 0 Å². The van der Waals surface area contributed by atoms with Crippen molar-refractivity contribution in [3.8, 4) is 5.75 Å². The van der Waals surface area contributed by atoms with Crippen LogP contribution in [0.1, 0.15) is 41.9 Å². The number of nitrogens with zero attached hydrogens (tertiary/aromatic N) is 4. The molecule has 2 saturated heterocycles. The van der Waals surface area contributed by atoms with Crippen LogP contribution in [-0.4, -0.2) is 70.2 Å². The number of nitrogens with two attached hydrogens (primary N) is 1. The lowest BCUT2D eigenvalue weighted by atomic mass is 9.99.